The Kier molecular flexibility index (Phi) is 4.53. The van der Waals surface area contributed by atoms with Crippen LogP contribution in [0.2, 0.25) is 0 Å². The van der Waals surface area contributed by atoms with E-state index in [-0.39, 0.29) is 6.10 Å². The van der Waals surface area contributed by atoms with Gasteiger partial charge in [0, 0.05) is 5.56 Å². The van der Waals surface area contributed by atoms with Gasteiger partial charge in [-0.2, -0.15) is 0 Å². The molecule has 0 amide bonds. The van der Waals surface area contributed by atoms with E-state index in [2.05, 4.69) is 0 Å². The molecular formula is C16H16O2S. The SMILES string of the molecule is COc1ccc(C(C)OC(=S)c2ccccc2)cc1. The van der Waals surface area contributed by atoms with Gasteiger partial charge in [-0.25, -0.2) is 0 Å². The van der Waals surface area contributed by atoms with E-state index in [1.54, 1.807) is 7.11 Å². The van der Waals surface area contributed by atoms with E-state index in [0.717, 1.165) is 16.9 Å². The Morgan fingerprint density at radius 1 is 1.00 bits per heavy atom. The maximum Gasteiger partial charge on any atom is 0.191 e. The third-order valence-corrected chi connectivity index (χ3v) is 3.21. The molecule has 3 heteroatoms. The number of rotatable bonds is 4. The smallest absolute Gasteiger partial charge is 0.191 e. The highest BCUT2D eigenvalue weighted by Gasteiger charge is 2.10. The molecule has 0 aromatic heterocycles. The monoisotopic (exact) mass is 272 g/mol. The third kappa shape index (κ3) is 3.55. The summed E-state index contributed by atoms with van der Waals surface area (Å²) in [5, 5.41) is 0.518. The Labute approximate surface area is 119 Å². The van der Waals surface area contributed by atoms with E-state index >= 15 is 0 Å². The number of hydrogen-bond acceptors (Lipinski definition) is 3. The second-order valence-electron chi connectivity index (χ2n) is 4.19. The minimum atomic E-state index is -0.0846. The van der Waals surface area contributed by atoms with Crippen molar-refractivity contribution in [2.24, 2.45) is 0 Å². The number of benzene rings is 2. The van der Waals surface area contributed by atoms with Crippen LogP contribution in [0, 0.1) is 0 Å². The number of hydrogen-bond donors (Lipinski definition) is 0. The molecule has 2 nitrogen and oxygen atoms in total. The molecule has 0 bridgehead atoms. The Hall–Kier alpha value is -1.87. The minimum Gasteiger partial charge on any atom is -0.497 e. The molecular weight excluding hydrogens is 256 g/mol. The van der Waals surface area contributed by atoms with Crippen molar-refractivity contribution in [1.29, 1.82) is 0 Å². The third-order valence-electron chi connectivity index (χ3n) is 2.88. The average Bonchev–Trinajstić information content (AvgIpc) is 2.48. The molecule has 0 aliphatic heterocycles. The van der Waals surface area contributed by atoms with Gasteiger partial charge in [-0.05, 0) is 36.8 Å². The van der Waals surface area contributed by atoms with E-state index in [9.17, 15) is 0 Å². The summed E-state index contributed by atoms with van der Waals surface area (Å²) in [6, 6.07) is 17.5. The summed E-state index contributed by atoms with van der Waals surface area (Å²) in [5.41, 5.74) is 2.00. The number of thiocarbonyl (C=S) groups is 1. The molecule has 98 valence electrons. The maximum absolute atomic E-state index is 5.79. The molecule has 0 aliphatic carbocycles. The Balaban J connectivity index is 2.04. The quantitative estimate of drug-likeness (QED) is 0.779. The van der Waals surface area contributed by atoms with E-state index in [0.29, 0.717) is 5.05 Å². The fraction of sp³-hybridized carbons (Fsp3) is 0.188. The average molecular weight is 272 g/mol. The lowest BCUT2D eigenvalue weighted by molar-refractivity contribution is 0.220. The van der Waals surface area contributed by atoms with Crippen LogP contribution >= 0.6 is 12.2 Å². The van der Waals surface area contributed by atoms with Gasteiger partial charge in [0.15, 0.2) is 5.05 Å². The fourth-order valence-electron chi connectivity index (χ4n) is 1.75. The highest BCUT2D eigenvalue weighted by molar-refractivity contribution is 7.80. The normalized spacial score (nSPS) is 11.7. The van der Waals surface area contributed by atoms with Gasteiger partial charge in [-0.3, -0.25) is 0 Å². The van der Waals surface area contributed by atoms with Crippen molar-refractivity contribution >= 4 is 17.3 Å². The molecule has 2 aromatic rings. The van der Waals surface area contributed by atoms with Gasteiger partial charge < -0.3 is 9.47 Å². The molecule has 0 saturated carbocycles. The second kappa shape index (κ2) is 6.34. The van der Waals surface area contributed by atoms with Gasteiger partial charge in [0.05, 0.1) is 7.11 Å². The molecule has 19 heavy (non-hydrogen) atoms. The van der Waals surface area contributed by atoms with Crippen LogP contribution in [0.25, 0.3) is 0 Å². The van der Waals surface area contributed by atoms with Gasteiger partial charge >= 0.3 is 0 Å². The summed E-state index contributed by atoms with van der Waals surface area (Å²) in [5.74, 6) is 0.835. The summed E-state index contributed by atoms with van der Waals surface area (Å²) in [6.45, 7) is 1.98. The van der Waals surface area contributed by atoms with Crippen LogP contribution in [-0.2, 0) is 4.74 Å². The first-order chi connectivity index (χ1) is 9.20. The first kappa shape index (κ1) is 13.6. The van der Waals surface area contributed by atoms with Crippen molar-refractivity contribution in [2.75, 3.05) is 7.11 Å². The Morgan fingerprint density at radius 3 is 2.21 bits per heavy atom. The second-order valence-corrected chi connectivity index (χ2v) is 4.56. The van der Waals surface area contributed by atoms with E-state index in [1.165, 1.54) is 0 Å². The highest BCUT2D eigenvalue weighted by Crippen LogP contribution is 2.21. The molecule has 1 atom stereocenters. The van der Waals surface area contributed by atoms with E-state index < -0.39 is 0 Å². The first-order valence-corrected chi connectivity index (χ1v) is 6.51. The number of methoxy groups -OCH3 is 1. The lowest BCUT2D eigenvalue weighted by Gasteiger charge is -2.16. The van der Waals surface area contributed by atoms with E-state index in [4.69, 9.17) is 21.7 Å². The highest BCUT2D eigenvalue weighted by atomic mass is 32.1. The van der Waals surface area contributed by atoms with Crippen LogP contribution in [0.1, 0.15) is 24.2 Å². The van der Waals surface area contributed by atoms with Gasteiger partial charge in [0.25, 0.3) is 0 Å². The molecule has 0 saturated heterocycles. The van der Waals surface area contributed by atoms with Gasteiger partial charge in [0.1, 0.15) is 11.9 Å². The first-order valence-electron chi connectivity index (χ1n) is 6.10. The molecule has 0 heterocycles. The molecule has 2 rings (SSSR count). The molecule has 0 spiro atoms. The van der Waals surface area contributed by atoms with Crippen molar-refractivity contribution < 1.29 is 9.47 Å². The zero-order valence-electron chi connectivity index (χ0n) is 11.0. The summed E-state index contributed by atoms with van der Waals surface area (Å²) in [7, 11) is 1.65. The predicted molar refractivity (Wildman–Crippen MR) is 80.6 cm³/mol. The molecule has 0 fully saturated rings. The van der Waals surface area contributed by atoms with Crippen LogP contribution in [0.5, 0.6) is 5.75 Å². The van der Waals surface area contributed by atoms with Crippen molar-refractivity contribution in [1.82, 2.24) is 0 Å². The van der Waals surface area contributed by atoms with Crippen LogP contribution in [0.3, 0.4) is 0 Å². The molecule has 0 radical (unpaired) electrons. The Bertz CT molecular complexity index is 534. The van der Waals surface area contributed by atoms with Crippen LogP contribution in [0.4, 0.5) is 0 Å². The van der Waals surface area contributed by atoms with Crippen molar-refractivity contribution in [3.8, 4) is 5.75 Å². The fourth-order valence-corrected chi connectivity index (χ4v) is 2.03. The van der Waals surface area contributed by atoms with Gasteiger partial charge in [-0.15, -0.1) is 0 Å². The van der Waals surface area contributed by atoms with Crippen LogP contribution < -0.4 is 4.74 Å². The predicted octanol–water partition coefficient (Wildman–Crippen LogP) is 4.15. The molecule has 2 aromatic carbocycles. The lowest BCUT2D eigenvalue weighted by atomic mass is 10.1. The standard InChI is InChI=1S/C16H16O2S/c1-12(13-8-10-15(17-2)11-9-13)18-16(19)14-6-4-3-5-7-14/h3-12H,1-2H3. The van der Waals surface area contributed by atoms with Crippen LogP contribution in [0.15, 0.2) is 54.6 Å². The lowest BCUT2D eigenvalue weighted by Crippen LogP contribution is -2.07. The van der Waals surface area contributed by atoms with E-state index in [1.807, 2.05) is 61.5 Å². The van der Waals surface area contributed by atoms with Crippen molar-refractivity contribution in [3.63, 3.8) is 0 Å². The summed E-state index contributed by atoms with van der Waals surface area (Å²) in [4.78, 5) is 0. The minimum absolute atomic E-state index is 0.0846. The summed E-state index contributed by atoms with van der Waals surface area (Å²) < 4.78 is 10.9. The van der Waals surface area contributed by atoms with Crippen molar-refractivity contribution in [3.05, 3.63) is 65.7 Å². The summed E-state index contributed by atoms with van der Waals surface area (Å²) in [6.07, 6.45) is -0.0846. The molecule has 0 N–H and O–H groups in total. The Morgan fingerprint density at radius 2 is 1.63 bits per heavy atom. The van der Waals surface area contributed by atoms with Gasteiger partial charge in [0.2, 0.25) is 0 Å². The zero-order valence-corrected chi connectivity index (χ0v) is 11.8. The molecule has 0 aliphatic rings. The van der Waals surface area contributed by atoms with Crippen LogP contribution in [-0.4, -0.2) is 12.2 Å². The zero-order chi connectivity index (χ0) is 13.7. The van der Waals surface area contributed by atoms with Gasteiger partial charge in [-0.1, -0.05) is 42.5 Å². The summed E-state index contributed by atoms with van der Waals surface area (Å²) >= 11 is 5.30. The van der Waals surface area contributed by atoms with Crippen molar-refractivity contribution in [2.45, 2.75) is 13.0 Å². The topological polar surface area (TPSA) is 18.5 Å². The largest absolute Gasteiger partial charge is 0.497 e. The maximum atomic E-state index is 5.79. The number of ether oxygens (including phenoxy) is 2. The molecule has 1 unspecified atom stereocenters.